The Morgan fingerprint density at radius 2 is 1.77 bits per heavy atom. The molecule has 0 unspecified atom stereocenters. The molecule has 26 heavy (non-hydrogen) atoms. The molecule has 1 aliphatic rings. The fourth-order valence-electron chi connectivity index (χ4n) is 3.13. The van der Waals surface area contributed by atoms with Gasteiger partial charge in [-0.3, -0.25) is 4.79 Å². The first kappa shape index (κ1) is 16.2. The quantitative estimate of drug-likeness (QED) is 0.719. The molecule has 2 aromatic carbocycles. The maximum Gasteiger partial charge on any atom is 0.256 e. The van der Waals surface area contributed by atoms with E-state index in [1.165, 1.54) is 29.2 Å². The smallest absolute Gasteiger partial charge is 0.256 e. The number of aromatic nitrogens is 4. The van der Waals surface area contributed by atoms with Crippen LogP contribution in [0.4, 0.5) is 10.1 Å². The number of rotatable bonds is 3. The number of carbonyl (C=O) groups is 1. The van der Waals surface area contributed by atoms with Crippen molar-refractivity contribution < 1.29 is 9.18 Å². The van der Waals surface area contributed by atoms with Crippen LogP contribution in [0.3, 0.4) is 0 Å². The van der Waals surface area contributed by atoms with E-state index in [-0.39, 0.29) is 11.5 Å². The third-order valence-electron chi connectivity index (χ3n) is 4.47. The van der Waals surface area contributed by atoms with Gasteiger partial charge in [0.2, 0.25) is 0 Å². The molecule has 7 nitrogen and oxygen atoms in total. The van der Waals surface area contributed by atoms with E-state index in [0.717, 1.165) is 18.8 Å². The molecule has 132 valence electrons. The van der Waals surface area contributed by atoms with Crippen molar-refractivity contribution >= 4 is 11.6 Å². The average molecular weight is 352 g/mol. The van der Waals surface area contributed by atoms with Crippen molar-refractivity contribution in [1.82, 2.24) is 25.1 Å². The SMILES string of the molecule is O=C(c1cc(F)ccc1-n1cnnn1)N1CCN(c2ccccc2)CC1. The summed E-state index contributed by atoms with van der Waals surface area (Å²) in [6.07, 6.45) is 1.39. The van der Waals surface area contributed by atoms with E-state index in [1.54, 1.807) is 4.90 Å². The van der Waals surface area contributed by atoms with E-state index in [0.29, 0.717) is 18.8 Å². The minimum absolute atomic E-state index is 0.220. The predicted molar refractivity (Wildman–Crippen MR) is 93.7 cm³/mol. The van der Waals surface area contributed by atoms with Crippen molar-refractivity contribution in [3.05, 3.63) is 66.2 Å². The highest BCUT2D eigenvalue weighted by Gasteiger charge is 2.25. The van der Waals surface area contributed by atoms with E-state index in [9.17, 15) is 9.18 Å². The van der Waals surface area contributed by atoms with Crippen LogP contribution >= 0.6 is 0 Å². The maximum atomic E-state index is 13.8. The Bertz CT molecular complexity index is 891. The highest BCUT2D eigenvalue weighted by atomic mass is 19.1. The summed E-state index contributed by atoms with van der Waals surface area (Å²) in [7, 11) is 0. The number of halogens is 1. The number of amides is 1. The molecule has 1 amide bonds. The van der Waals surface area contributed by atoms with Gasteiger partial charge >= 0.3 is 0 Å². The van der Waals surface area contributed by atoms with Gasteiger partial charge in [-0.2, -0.15) is 4.68 Å². The molecular formula is C18H17FN6O. The third-order valence-corrected chi connectivity index (χ3v) is 4.47. The molecule has 0 saturated carbocycles. The zero-order valence-corrected chi connectivity index (χ0v) is 14.0. The number of hydrogen-bond donors (Lipinski definition) is 0. The second-order valence-corrected chi connectivity index (χ2v) is 6.03. The molecule has 0 radical (unpaired) electrons. The topological polar surface area (TPSA) is 67.2 Å². The summed E-state index contributed by atoms with van der Waals surface area (Å²) in [5.74, 6) is -0.684. The molecule has 2 heterocycles. The molecule has 3 aromatic rings. The summed E-state index contributed by atoms with van der Waals surface area (Å²) in [6.45, 7) is 2.59. The number of tetrazole rings is 1. The van der Waals surface area contributed by atoms with Crippen LogP contribution in [-0.4, -0.2) is 57.2 Å². The first-order valence-corrected chi connectivity index (χ1v) is 8.34. The van der Waals surface area contributed by atoms with Crippen LogP contribution in [0.15, 0.2) is 54.9 Å². The molecule has 1 aliphatic heterocycles. The summed E-state index contributed by atoms with van der Waals surface area (Å²) in [5, 5.41) is 11.0. The molecule has 0 spiro atoms. The Balaban J connectivity index is 1.53. The van der Waals surface area contributed by atoms with Gasteiger partial charge < -0.3 is 9.80 Å². The first-order valence-electron chi connectivity index (χ1n) is 8.34. The van der Waals surface area contributed by atoms with Crippen molar-refractivity contribution in [2.75, 3.05) is 31.1 Å². The molecule has 0 bridgehead atoms. The van der Waals surface area contributed by atoms with Gasteiger partial charge in [-0.15, -0.1) is 5.10 Å². The zero-order valence-electron chi connectivity index (χ0n) is 14.0. The standard InChI is InChI=1S/C18H17FN6O/c19-14-6-7-17(25-13-20-21-22-25)16(12-14)18(26)24-10-8-23(9-11-24)15-4-2-1-3-5-15/h1-7,12-13H,8-11H2. The number of benzene rings is 2. The minimum Gasteiger partial charge on any atom is -0.368 e. The fraction of sp³-hybridized carbons (Fsp3) is 0.222. The number of para-hydroxylation sites is 1. The molecule has 1 aromatic heterocycles. The second-order valence-electron chi connectivity index (χ2n) is 6.03. The summed E-state index contributed by atoms with van der Waals surface area (Å²) in [5.41, 5.74) is 1.86. The van der Waals surface area contributed by atoms with Crippen molar-refractivity contribution in [2.24, 2.45) is 0 Å². The van der Waals surface area contributed by atoms with Gasteiger partial charge in [-0.05, 0) is 40.8 Å². The normalized spacial score (nSPS) is 14.5. The Morgan fingerprint density at radius 1 is 1.00 bits per heavy atom. The molecule has 0 aliphatic carbocycles. The Kier molecular flexibility index (Phi) is 4.30. The first-order chi connectivity index (χ1) is 12.7. The number of anilines is 1. The van der Waals surface area contributed by atoms with Gasteiger partial charge in [-0.1, -0.05) is 18.2 Å². The van der Waals surface area contributed by atoms with Crippen molar-refractivity contribution in [3.8, 4) is 5.69 Å². The van der Waals surface area contributed by atoms with Crippen molar-refractivity contribution in [1.29, 1.82) is 0 Å². The lowest BCUT2D eigenvalue weighted by molar-refractivity contribution is 0.0746. The van der Waals surface area contributed by atoms with Crippen molar-refractivity contribution in [2.45, 2.75) is 0 Å². The van der Waals surface area contributed by atoms with Gasteiger partial charge in [0.15, 0.2) is 0 Å². The fourth-order valence-corrected chi connectivity index (χ4v) is 3.13. The summed E-state index contributed by atoms with van der Waals surface area (Å²) >= 11 is 0. The largest absolute Gasteiger partial charge is 0.368 e. The summed E-state index contributed by atoms with van der Waals surface area (Å²) in [6, 6.07) is 14.1. The van der Waals surface area contributed by atoms with Crippen LogP contribution in [0, 0.1) is 5.82 Å². The molecule has 1 saturated heterocycles. The van der Waals surface area contributed by atoms with Crippen LogP contribution in [-0.2, 0) is 0 Å². The van der Waals surface area contributed by atoms with Gasteiger partial charge in [0.1, 0.15) is 12.1 Å². The molecular weight excluding hydrogens is 335 g/mol. The molecule has 4 rings (SSSR count). The van der Waals surface area contributed by atoms with Crippen LogP contribution in [0.5, 0.6) is 0 Å². The van der Waals surface area contributed by atoms with E-state index in [2.05, 4.69) is 32.6 Å². The molecule has 8 heteroatoms. The number of carbonyl (C=O) groups excluding carboxylic acids is 1. The number of hydrogen-bond acceptors (Lipinski definition) is 5. The maximum absolute atomic E-state index is 13.8. The average Bonchev–Trinajstić information content (AvgIpc) is 3.23. The highest BCUT2D eigenvalue weighted by molar-refractivity contribution is 5.98. The summed E-state index contributed by atoms with van der Waals surface area (Å²) in [4.78, 5) is 16.9. The minimum atomic E-state index is -0.465. The Morgan fingerprint density at radius 3 is 2.46 bits per heavy atom. The van der Waals surface area contributed by atoms with Crippen LogP contribution < -0.4 is 4.90 Å². The van der Waals surface area contributed by atoms with Gasteiger partial charge in [0.25, 0.3) is 5.91 Å². The Labute approximate surface area is 149 Å². The number of piperazine rings is 1. The van der Waals surface area contributed by atoms with E-state index >= 15 is 0 Å². The second kappa shape index (κ2) is 6.91. The lowest BCUT2D eigenvalue weighted by atomic mass is 10.1. The van der Waals surface area contributed by atoms with Crippen molar-refractivity contribution in [3.63, 3.8) is 0 Å². The third kappa shape index (κ3) is 3.13. The van der Waals surface area contributed by atoms with E-state index in [1.807, 2.05) is 18.2 Å². The molecule has 0 N–H and O–H groups in total. The van der Waals surface area contributed by atoms with Crippen LogP contribution in [0.1, 0.15) is 10.4 Å². The lowest BCUT2D eigenvalue weighted by Crippen LogP contribution is -2.49. The van der Waals surface area contributed by atoms with Gasteiger partial charge in [0.05, 0.1) is 11.3 Å². The molecule has 1 fully saturated rings. The van der Waals surface area contributed by atoms with E-state index in [4.69, 9.17) is 0 Å². The monoisotopic (exact) mass is 352 g/mol. The lowest BCUT2D eigenvalue weighted by Gasteiger charge is -2.36. The summed E-state index contributed by atoms with van der Waals surface area (Å²) < 4.78 is 15.1. The van der Waals surface area contributed by atoms with Crippen LogP contribution in [0.25, 0.3) is 5.69 Å². The highest BCUT2D eigenvalue weighted by Crippen LogP contribution is 2.20. The van der Waals surface area contributed by atoms with Gasteiger partial charge in [-0.25, -0.2) is 4.39 Å². The van der Waals surface area contributed by atoms with Crippen LogP contribution in [0.2, 0.25) is 0 Å². The zero-order chi connectivity index (χ0) is 17.9. The van der Waals surface area contributed by atoms with E-state index < -0.39 is 5.82 Å². The Hall–Kier alpha value is -3.29. The number of nitrogens with zero attached hydrogens (tertiary/aromatic N) is 6. The predicted octanol–water partition coefficient (Wildman–Crippen LogP) is 1.76. The molecule has 0 atom stereocenters. The van der Waals surface area contributed by atoms with Gasteiger partial charge in [0, 0.05) is 31.9 Å².